The van der Waals surface area contributed by atoms with Crippen molar-refractivity contribution in [2.24, 2.45) is 5.92 Å². The zero-order chi connectivity index (χ0) is 97.6. The fourth-order valence-corrected chi connectivity index (χ4v) is 15.5. The quantitative estimate of drug-likeness (QED) is 0.0418. The number of hydrogen-bond acceptors (Lipinski definition) is 42. The van der Waals surface area contributed by atoms with E-state index in [-0.39, 0.29) is 12.2 Å². The molecule has 5 heterocycles. The summed E-state index contributed by atoms with van der Waals surface area (Å²) < 4.78 is 138. The number of hydrogen-bond donors (Lipinski definition) is 4. The molecule has 5 aliphatic heterocycles. The second kappa shape index (κ2) is 52.0. The van der Waals surface area contributed by atoms with Crippen LogP contribution in [0.25, 0.3) is 0 Å². The zero-order valence-electron chi connectivity index (χ0n) is 77.7. The van der Waals surface area contributed by atoms with E-state index >= 15 is 14.4 Å². The molecule has 0 radical (unpaired) electrons. The average molecular weight is 1860 g/mol. The maximum atomic E-state index is 15.5. The summed E-state index contributed by atoms with van der Waals surface area (Å²) in [6.07, 6.45) is -33.7. The Kier molecular flexibility index (Phi) is 44.8. The van der Waals surface area contributed by atoms with E-state index in [1.807, 2.05) is 13.2 Å². The summed E-state index contributed by atoms with van der Waals surface area (Å²) in [5.74, 6) is -22.6. The van der Waals surface area contributed by atoms with Crippen molar-refractivity contribution in [2.75, 3.05) is 61.1 Å². The maximum Gasteiger partial charge on any atom is 0.367 e. The standard InChI is InChI=1S/C77H108N4O40S.C4H10.C3H8/c1-22-47(23-48-58(122-21)25-51(99-17)63(101-19)62(48)100-18)78-32(2)49(96)24-50-59(79-33(3)82)68(64(111-43(13)92)57(115-50)31-106-76(74(97)102-20)26-52(107-39(9)88)60(80-34(4)83)69(119-76)65(112-44(14)93)54(109-41(11)90)28-103-36(6)85)117-73-72(114-46(16)95)71-67(56(116-73)30-105-38(8)87)118-75(98)77(121-71)27-53(108-40(10)89)61(81-35(5)84)70(120-77)66(113-45(15)94)55(110-42(12)91)29-104-37(7)86;1-4(2)3;1-3-2/h25,32,47,50,52-57,59-61,64-73,78H,22-24,26-31H2,1-21H3,(H,79,82)(H,80,83)(H,81,84);4H,1-3H3;3H2,1-2H3/t32-,47?,50?,52-,53-,54-,55-,56?,57?,59-,60?,61?,64+,65-,66-,67+,68-,69?,70?,71+,72+,73?,76-,77+;;/m1../s1. The second-order valence-corrected chi connectivity index (χ2v) is 32.1. The van der Waals surface area contributed by atoms with Gasteiger partial charge in [0.2, 0.25) is 23.5 Å². The molecule has 5 fully saturated rings. The van der Waals surface area contributed by atoms with E-state index in [4.69, 9.17) is 109 Å². The lowest BCUT2D eigenvalue weighted by Gasteiger charge is -2.55. The maximum absolute atomic E-state index is 15.5. The Labute approximate surface area is 752 Å². The van der Waals surface area contributed by atoms with Crippen molar-refractivity contribution in [1.82, 2.24) is 21.3 Å². The first-order valence-corrected chi connectivity index (χ1v) is 42.8. The van der Waals surface area contributed by atoms with E-state index in [1.165, 1.54) is 46.4 Å². The smallest absolute Gasteiger partial charge is 0.367 e. The molecule has 5 aliphatic rings. The SMILES string of the molecule is CC(C)C.CCC.CCC(Cc1c(SC)cc(OC)c(OC)c1OC)N[C@H](C)C(=O)CC1OC(CO[C@]2(C(=O)OC)C[C@@H](OC(C)=O)C(NC(C)=O)C([C@H](OC(C)=O)[C@@H](COC(C)=O)OC(C)=O)O2)[C@H](OC(C)=O)[C@H](OC2OC(COC(C)=O)[C@@H]3OC(=O)[C@]4(C[C@@H](OC(C)=O)C(NC(C)=O)C([C@H](OC(C)=O)[C@@H](COC(C)=O)OC(C)=O)O4)O[C@@H]3[C@@H]2OC(C)=O)[C@@H]1NC(C)=O. The summed E-state index contributed by atoms with van der Waals surface area (Å²) in [6, 6.07) is -5.31. The minimum Gasteiger partial charge on any atom is -0.493 e. The first-order valence-electron chi connectivity index (χ1n) is 41.6. The van der Waals surface area contributed by atoms with Gasteiger partial charge in [-0.15, -0.1) is 11.8 Å². The Bertz CT molecular complexity index is 4070. The molecule has 9 unspecified atom stereocenters. The Hall–Kier alpha value is -10.2. The fourth-order valence-electron chi connectivity index (χ4n) is 14.8. The van der Waals surface area contributed by atoms with Gasteiger partial charge in [-0.3, -0.25) is 71.9 Å². The summed E-state index contributed by atoms with van der Waals surface area (Å²) >= 11 is 1.37. The lowest BCUT2D eigenvalue weighted by molar-refractivity contribution is -0.401. The number of ether oxygens (including phenoxy) is 23. The highest BCUT2D eigenvalue weighted by Gasteiger charge is 2.68. The molecule has 5 saturated heterocycles. The number of methoxy groups -OCH3 is 4. The van der Waals surface area contributed by atoms with E-state index in [0.29, 0.717) is 23.5 Å². The van der Waals surface area contributed by atoms with Gasteiger partial charge in [0.05, 0.1) is 78.2 Å². The molecule has 45 heteroatoms. The highest BCUT2D eigenvalue weighted by molar-refractivity contribution is 7.98. The van der Waals surface area contributed by atoms with Crippen molar-refractivity contribution >= 4 is 113 Å². The Balaban J connectivity index is 0.00000480. The summed E-state index contributed by atoms with van der Waals surface area (Å²) in [5, 5.41) is 11.1. The number of rotatable bonds is 39. The van der Waals surface area contributed by atoms with Crippen molar-refractivity contribution in [3.8, 4) is 17.2 Å². The van der Waals surface area contributed by atoms with Crippen LogP contribution in [0.5, 0.6) is 17.2 Å². The van der Waals surface area contributed by atoms with Gasteiger partial charge in [-0.05, 0) is 38.0 Å². The molecule has 1 spiro atoms. The summed E-state index contributed by atoms with van der Waals surface area (Å²) in [7, 11) is 5.17. The van der Waals surface area contributed by atoms with Crippen LogP contribution in [0, 0.1) is 5.92 Å². The van der Waals surface area contributed by atoms with Crippen LogP contribution in [0.2, 0.25) is 0 Å². The minimum atomic E-state index is -3.08. The number of carbonyl (C=O) groups excluding carboxylic acids is 17. The topological polar surface area (TPSA) is 551 Å². The molecule has 24 atom stereocenters. The van der Waals surface area contributed by atoms with Gasteiger partial charge >= 0.3 is 77.6 Å². The number of benzene rings is 1. The number of ketones is 1. The summed E-state index contributed by atoms with van der Waals surface area (Å²) in [5.41, 5.74) is 0.658. The minimum absolute atomic E-state index is 0.198. The average Bonchev–Trinajstić information content (AvgIpc) is 0.722. The number of nitrogens with one attached hydrogen (secondary N) is 4. The molecule has 0 bridgehead atoms. The molecule has 0 aliphatic carbocycles. The van der Waals surface area contributed by atoms with Crippen molar-refractivity contribution in [3.05, 3.63) is 11.6 Å². The lowest BCUT2D eigenvalue weighted by Crippen LogP contribution is -2.75. The molecule has 0 saturated carbocycles. The molecule has 1 aromatic carbocycles. The third-order valence-electron chi connectivity index (χ3n) is 19.4. The van der Waals surface area contributed by atoms with Gasteiger partial charge in [-0.1, -0.05) is 48.0 Å². The number of fused-ring (bicyclic) bond motifs is 1. The largest absolute Gasteiger partial charge is 0.493 e. The van der Waals surface area contributed by atoms with Crippen molar-refractivity contribution < 1.29 is 190 Å². The molecule has 3 amide bonds. The molecule has 1 aromatic rings. The van der Waals surface area contributed by atoms with Gasteiger partial charge in [0, 0.05) is 120 Å². The molecular formula is C84H126N4O40S. The first kappa shape index (κ1) is 111. The highest BCUT2D eigenvalue weighted by Crippen LogP contribution is 2.48. The van der Waals surface area contributed by atoms with Crippen molar-refractivity contribution in [1.29, 1.82) is 0 Å². The normalized spacial score (nSPS) is 26.9. The van der Waals surface area contributed by atoms with E-state index in [0.717, 1.165) is 115 Å². The number of Topliss-reactive ketones (excluding diaryl/α,β-unsaturated/α-hetero) is 1. The Morgan fingerprint density at radius 2 is 0.969 bits per heavy atom. The molecule has 129 heavy (non-hydrogen) atoms. The predicted molar refractivity (Wildman–Crippen MR) is 441 cm³/mol. The monoisotopic (exact) mass is 1860 g/mol. The van der Waals surface area contributed by atoms with Gasteiger partial charge in [0.25, 0.3) is 11.6 Å². The van der Waals surface area contributed by atoms with Crippen LogP contribution in [0.3, 0.4) is 0 Å². The van der Waals surface area contributed by atoms with Gasteiger partial charge in [-0.25, -0.2) is 9.59 Å². The Morgan fingerprint density at radius 3 is 1.40 bits per heavy atom. The van der Waals surface area contributed by atoms with Crippen LogP contribution in [0.15, 0.2) is 11.0 Å². The number of thioether (sulfide) groups is 1. The van der Waals surface area contributed by atoms with Crippen LogP contribution < -0.4 is 35.5 Å². The molecule has 44 nitrogen and oxygen atoms in total. The molecule has 728 valence electrons. The van der Waals surface area contributed by atoms with Crippen molar-refractivity contribution in [2.45, 2.75) is 335 Å². The van der Waals surface area contributed by atoms with Crippen LogP contribution >= 0.6 is 11.8 Å². The molecular weight excluding hydrogens is 1740 g/mol. The Morgan fingerprint density at radius 1 is 0.504 bits per heavy atom. The number of amides is 3. The fraction of sp³-hybridized carbons (Fsp3) is 0.726. The van der Waals surface area contributed by atoms with Crippen LogP contribution in [0.1, 0.15) is 183 Å². The predicted octanol–water partition coefficient (Wildman–Crippen LogP) is 2.78. The van der Waals surface area contributed by atoms with E-state index < -0.39 is 293 Å². The van der Waals surface area contributed by atoms with E-state index in [9.17, 15) is 67.1 Å². The zero-order valence-corrected chi connectivity index (χ0v) is 78.5. The van der Waals surface area contributed by atoms with Gasteiger partial charge in [0.1, 0.15) is 68.7 Å². The lowest BCUT2D eigenvalue weighted by atomic mass is 9.86. The van der Waals surface area contributed by atoms with Crippen LogP contribution in [0.4, 0.5) is 0 Å². The summed E-state index contributed by atoms with van der Waals surface area (Å²) in [4.78, 5) is 232. The van der Waals surface area contributed by atoms with Crippen LogP contribution in [-0.2, 0) is 183 Å². The number of carbonyl (C=O) groups is 17. The molecule has 6 rings (SSSR count). The van der Waals surface area contributed by atoms with Gasteiger partial charge < -0.3 is 130 Å². The van der Waals surface area contributed by atoms with Gasteiger partial charge in [0.15, 0.2) is 66.3 Å². The highest BCUT2D eigenvalue weighted by atomic mass is 32.2. The molecule has 0 aromatic heterocycles. The van der Waals surface area contributed by atoms with E-state index in [2.05, 4.69) is 55.9 Å². The van der Waals surface area contributed by atoms with E-state index in [1.54, 1.807) is 6.07 Å². The first-order chi connectivity index (χ1) is 60.4. The number of esters is 13. The second-order valence-electron chi connectivity index (χ2n) is 31.3. The van der Waals surface area contributed by atoms with Crippen LogP contribution in [-0.4, -0.2) is 308 Å². The third kappa shape index (κ3) is 32.7. The molecule has 4 N–H and O–H groups in total. The van der Waals surface area contributed by atoms with Crippen molar-refractivity contribution in [3.63, 3.8) is 0 Å². The summed E-state index contributed by atoms with van der Waals surface area (Å²) in [6.45, 7) is 23.4. The van der Waals surface area contributed by atoms with Gasteiger partial charge in [-0.2, -0.15) is 0 Å². The third-order valence-corrected chi connectivity index (χ3v) is 20.2.